The lowest BCUT2D eigenvalue weighted by Crippen LogP contribution is -2.32. The number of ether oxygens (including phenoxy) is 1. The maximum absolute atomic E-state index is 12.1. The van der Waals surface area contributed by atoms with Crippen LogP contribution in [0.5, 0.6) is 5.75 Å². The van der Waals surface area contributed by atoms with Crippen LogP contribution in [0.1, 0.15) is 18.4 Å². The van der Waals surface area contributed by atoms with Crippen LogP contribution in [0.2, 0.25) is 0 Å². The standard InChI is InChI=1S/C20H25BrN2O4S/c1-16-5-3-6-19(15-16)27-14-12-22-20(24)7-4-13-23(28(2,25)26)18-10-8-17(21)9-11-18/h3,5-6,8-11,15H,4,7,12-14H2,1-2H3,(H,22,24). The third-order valence-electron chi connectivity index (χ3n) is 3.96. The summed E-state index contributed by atoms with van der Waals surface area (Å²) in [5, 5.41) is 2.79. The first kappa shape index (κ1) is 22.2. The zero-order valence-electron chi connectivity index (χ0n) is 16.0. The zero-order valence-corrected chi connectivity index (χ0v) is 18.4. The van der Waals surface area contributed by atoms with E-state index in [1.165, 1.54) is 4.31 Å². The Balaban J connectivity index is 1.74. The van der Waals surface area contributed by atoms with Gasteiger partial charge in [-0.05, 0) is 55.3 Å². The molecule has 1 amide bonds. The maximum Gasteiger partial charge on any atom is 0.232 e. The van der Waals surface area contributed by atoms with Crippen LogP contribution >= 0.6 is 15.9 Å². The van der Waals surface area contributed by atoms with Crippen LogP contribution in [0.3, 0.4) is 0 Å². The lowest BCUT2D eigenvalue weighted by molar-refractivity contribution is -0.121. The Morgan fingerprint density at radius 2 is 1.89 bits per heavy atom. The molecule has 1 N–H and O–H groups in total. The normalized spacial score (nSPS) is 11.1. The molecule has 0 saturated heterocycles. The molecule has 0 heterocycles. The van der Waals surface area contributed by atoms with E-state index >= 15 is 0 Å². The van der Waals surface area contributed by atoms with Crippen LogP contribution in [-0.4, -0.2) is 40.3 Å². The number of carbonyl (C=O) groups is 1. The van der Waals surface area contributed by atoms with Crippen molar-refractivity contribution in [2.24, 2.45) is 0 Å². The molecule has 8 heteroatoms. The molecule has 0 atom stereocenters. The van der Waals surface area contributed by atoms with Crippen LogP contribution in [0.25, 0.3) is 0 Å². The molecule has 2 aromatic carbocycles. The molecule has 0 aliphatic rings. The number of hydrogen-bond acceptors (Lipinski definition) is 4. The van der Waals surface area contributed by atoms with Crippen LogP contribution in [-0.2, 0) is 14.8 Å². The summed E-state index contributed by atoms with van der Waals surface area (Å²) in [5.74, 6) is 0.643. The van der Waals surface area contributed by atoms with E-state index in [1.54, 1.807) is 24.3 Å². The van der Waals surface area contributed by atoms with Crippen molar-refractivity contribution in [1.82, 2.24) is 5.32 Å². The molecule has 0 fully saturated rings. The van der Waals surface area contributed by atoms with Crippen molar-refractivity contribution < 1.29 is 17.9 Å². The number of amides is 1. The largest absolute Gasteiger partial charge is 0.492 e. The first-order valence-electron chi connectivity index (χ1n) is 8.95. The molecule has 0 spiro atoms. The molecular formula is C20H25BrN2O4S. The number of halogens is 1. The molecule has 2 aromatic rings. The molecule has 0 bridgehead atoms. The van der Waals surface area contributed by atoms with Crippen molar-refractivity contribution in [3.8, 4) is 5.75 Å². The smallest absolute Gasteiger partial charge is 0.232 e. The van der Waals surface area contributed by atoms with Gasteiger partial charge in [0.1, 0.15) is 12.4 Å². The predicted octanol–water partition coefficient (Wildman–Crippen LogP) is 3.50. The van der Waals surface area contributed by atoms with Gasteiger partial charge in [0.15, 0.2) is 0 Å². The Morgan fingerprint density at radius 3 is 2.54 bits per heavy atom. The average molecular weight is 469 g/mol. The Labute approximate surface area is 175 Å². The lowest BCUT2D eigenvalue weighted by atomic mass is 10.2. The number of nitrogens with one attached hydrogen (secondary N) is 1. The molecule has 28 heavy (non-hydrogen) atoms. The highest BCUT2D eigenvalue weighted by molar-refractivity contribution is 9.10. The van der Waals surface area contributed by atoms with E-state index in [0.717, 1.165) is 22.0 Å². The van der Waals surface area contributed by atoms with E-state index in [1.807, 2.05) is 31.2 Å². The van der Waals surface area contributed by atoms with Crippen molar-refractivity contribution in [3.05, 3.63) is 58.6 Å². The average Bonchev–Trinajstić information content (AvgIpc) is 2.62. The fraction of sp³-hybridized carbons (Fsp3) is 0.350. The highest BCUT2D eigenvalue weighted by Gasteiger charge is 2.17. The van der Waals surface area contributed by atoms with E-state index in [-0.39, 0.29) is 18.9 Å². The molecule has 152 valence electrons. The Bertz CT molecular complexity index is 885. The highest BCUT2D eigenvalue weighted by Crippen LogP contribution is 2.21. The molecular weight excluding hydrogens is 444 g/mol. The Hall–Kier alpha value is -2.06. The fourth-order valence-corrected chi connectivity index (χ4v) is 3.86. The summed E-state index contributed by atoms with van der Waals surface area (Å²) in [7, 11) is -3.42. The second kappa shape index (κ2) is 10.5. The molecule has 0 aliphatic heterocycles. The minimum absolute atomic E-state index is 0.128. The van der Waals surface area contributed by atoms with Crippen LogP contribution in [0.15, 0.2) is 53.0 Å². The van der Waals surface area contributed by atoms with Gasteiger partial charge in [0.05, 0.1) is 18.5 Å². The van der Waals surface area contributed by atoms with Gasteiger partial charge in [0.2, 0.25) is 15.9 Å². The molecule has 0 saturated carbocycles. The molecule has 0 aliphatic carbocycles. The minimum atomic E-state index is -3.42. The second-order valence-electron chi connectivity index (χ2n) is 6.43. The first-order valence-corrected chi connectivity index (χ1v) is 11.6. The van der Waals surface area contributed by atoms with Crippen molar-refractivity contribution in [2.45, 2.75) is 19.8 Å². The van der Waals surface area contributed by atoms with Crippen molar-refractivity contribution in [1.29, 1.82) is 0 Å². The van der Waals surface area contributed by atoms with Gasteiger partial charge in [-0.1, -0.05) is 28.1 Å². The van der Waals surface area contributed by atoms with Gasteiger partial charge in [-0.25, -0.2) is 8.42 Å². The topological polar surface area (TPSA) is 75.7 Å². The Kier molecular flexibility index (Phi) is 8.32. The number of nitrogens with zero attached hydrogens (tertiary/aromatic N) is 1. The lowest BCUT2D eigenvalue weighted by Gasteiger charge is -2.22. The number of anilines is 1. The van der Waals surface area contributed by atoms with Crippen molar-refractivity contribution >= 4 is 37.5 Å². The van der Waals surface area contributed by atoms with Crippen molar-refractivity contribution in [3.63, 3.8) is 0 Å². The van der Waals surface area contributed by atoms with Crippen molar-refractivity contribution in [2.75, 3.05) is 30.3 Å². The molecule has 0 unspecified atom stereocenters. The SMILES string of the molecule is Cc1cccc(OCCNC(=O)CCCN(c2ccc(Br)cc2)S(C)(=O)=O)c1. The summed E-state index contributed by atoms with van der Waals surface area (Å²) in [6, 6.07) is 14.7. The van der Waals surface area contributed by atoms with Gasteiger partial charge < -0.3 is 10.1 Å². The second-order valence-corrected chi connectivity index (χ2v) is 9.25. The van der Waals surface area contributed by atoms with Gasteiger partial charge >= 0.3 is 0 Å². The quantitative estimate of drug-likeness (QED) is 0.541. The third kappa shape index (κ3) is 7.52. The predicted molar refractivity (Wildman–Crippen MR) is 115 cm³/mol. The fourth-order valence-electron chi connectivity index (χ4n) is 2.63. The van der Waals surface area contributed by atoms with Gasteiger partial charge in [0, 0.05) is 17.4 Å². The van der Waals surface area contributed by atoms with E-state index < -0.39 is 10.0 Å². The first-order chi connectivity index (χ1) is 13.3. The number of benzene rings is 2. The molecule has 0 aromatic heterocycles. The van der Waals surface area contributed by atoms with E-state index in [2.05, 4.69) is 21.2 Å². The minimum Gasteiger partial charge on any atom is -0.492 e. The molecule has 0 radical (unpaired) electrons. The van der Waals surface area contributed by atoms with E-state index in [9.17, 15) is 13.2 Å². The summed E-state index contributed by atoms with van der Waals surface area (Å²) in [6.07, 6.45) is 1.83. The summed E-state index contributed by atoms with van der Waals surface area (Å²) < 4.78 is 31.9. The number of sulfonamides is 1. The highest BCUT2D eigenvalue weighted by atomic mass is 79.9. The van der Waals surface area contributed by atoms with Gasteiger partial charge in [0.25, 0.3) is 0 Å². The number of rotatable bonds is 10. The summed E-state index contributed by atoms with van der Waals surface area (Å²) in [5.41, 5.74) is 1.69. The van der Waals surface area contributed by atoms with E-state index in [0.29, 0.717) is 25.3 Å². The van der Waals surface area contributed by atoms with Crippen LogP contribution < -0.4 is 14.4 Å². The summed E-state index contributed by atoms with van der Waals surface area (Å²) in [4.78, 5) is 12.0. The number of carbonyl (C=O) groups excluding carboxylic acids is 1. The number of aryl methyl sites for hydroxylation is 1. The van der Waals surface area contributed by atoms with Gasteiger partial charge in [-0.2, -0.15) is 0 Å². The third-order valence-corrected chi connectivity index (χ3v) is 5.69. The van der Waals surface area contributed by atoms with E-state index in [4.69, 9.17) is 4.74 Å². The molecule has 2 rings (SSSR count). The molecule has 6 nitrogen and oxygen atoms in total. The summed E-state index contributed by atoms with van der Waals surface area (Å²) >= 11 is 3.33. The Morgan fingerprint density at radius 1 is 1.18 bits per heavy atom. The van der Waals surface area contributed by atoms with Crippen LogP contribution in [0.4, 0.5) is 5.69 Å². The van der Waals surface area contributed by atoms with Gasteiger partial charge in [-0.15, -0.1) is 0 Å². The number of hydrogen-bond donors (Lipinski definition) is 1. The maximum atomic E-state index is 12.1. The monoisotopic (exact) mass is 468 g/mol. The zero-order chi connectivity index (χ0) is 20.6. The van der Waals surface area contributed by atoms with Crippen LogP contribution in [0, 0.1) is 6.92 Å². The summed E-state index contributed by atoms with van der Waals surface area (Å²) in [6.45, 7) is 3.01. The van der Waals surface area contributed by atoms with Gasteiger partial charge in [-0.3, -0.25) is 9.10 Å².